The Morgan fingerprint density at radius 1 is 1.25 bits per heavy atom. The van der Waals surface area contributed by atoms with Crippen molar-refractivity contribution in [3.8, 4) is 0 Å². The zero-order valence-electron chi connectivity index (χ0n) is 8.88. The number of aliphatic hydroxyl groups is 1. The van der Waals surface area contributed by atoms with Gasteiger partial charge in [-0.15, -0.1) is 0 Å². The van der Waals surface area contributed by atoms with E-state index in [4.69, 9.17) is 5.11 Å². The Morgan fingerprint density at radius 2 is 1.94 bits per heavy atom. The molecule has 1 aromatic carbocycles. The quantitative estimate of drug-likeness (QED) is 0.843. The third kappa shape index (κ3) is 3.70. The first-order valence-electron chi connectivity index (χ1n) is 4.90. The minimum absolute atomic E-state index is 0.00551. The molecule has 0 saturated carbocycles. The van der Waals surface area contributed by atoms with Crippen molar-refractivity contribution in [2.75, 3.05) is 6.61 Å². The van der Waals surface area contributed by atoms with Crippen molar-refractivity contribution >= 4 is 6.08 Å². The predicted octanol–water partition coefficient (Wildman–Crippen LogP) is 3.41. The van der Waals surface area contributed by atoms with Crippen LogP contribution in [0.3, 0.4) is 0 Å². The SMILES string of the molecule is Cc1cc(/C=C\CCO)cc(C(F)(F)F)c1. The molecule has 0 amide bonds. The summed E-state index contributed by atoms with van der Waals surface area (Å²) in [5.74, 6) is 0. The van der Waals surface area contributed by atoms with Crippen LogP contribution in [0.4, 0.5) is 13.2 Å². The zero-order chi connectivity index (χ0) is 12.2. The zero-order valence-corrected chi connectivity index (χ0v) is 8.88. The van der Waals surface area contributed by atoms with Crippen LogP contribution in [0.5, 0.6) is 0 Å². The molecular formula is C12H13F3O. The molecule has 0 bridgehead atoms. The first-order chi connectivity index (χ1) is 7.43. The Balaban J connectivity index is 2.99. The monoisotopic (exact) mass is 230 g/mol. The van der Waals surface area contributed by atoms with Gasteiger partial charge in [-0.1, -0.05) is 18.2 Å². The topological polar surface area (TPSA) is 20.2 Å². The van der Waals surface area contributed by atoms with Gasteiger partial charge in [0, 0.05) is 6.61 Å². The van der Waals surface area contributed by atoms with Crippen molar-refractivity contribution in [1.82, 2.24) is 0 Å². The number of benzene rings is 1. The summed E-state index contributed by atoms with van der Waals surface area (Å²) < 4.78 is 37.4. The van der Waals surface area contributed by atoms with Crippen LogP contribution in [-0.2, 0) is 6.18 Å². The number of aliphatic hydroxyl groups excluding tert-OH is 1. The lowest BCUT2D eigenvalue weighted by molar-refractivity contribution is -0.137. The molecule has 0 heterocycles. The third-order valence-electron chi connectivity index (χ3n) is 2.03. The van der Waals surface area contributed by atoms with Crippen molar-refractivity contribution in [2.45, 2.75) is 19.5 Å². The van der Waals surface area contributed by atoms with Crippen LogP contribution in [0.1, 0.15) is 23.1 Å². The average Bonchev–Trinajstić information content (AvgIpc) is 2.16. The molecule has 0 aliphatic heterocycles. The molecule has 1 N–H and O–H groups in total. The van der Waals surface area contributed by atoms with Gasteiger partial charge in [0.15, 0.2) is 0 Å². The first-order valence-corrected chi connectivity index (χ1v) is 4.90. The number of hydrogen-bond donors (Lipinski definition) is 1. The van der Waals surface area contributed by atoms with Crippen molar-refractivity contribution in [2.24, 2.45) is 0 Å². The highest BCUT2D eigenvalue weighted by Gasteiger charge is 2.30. The van der Waals surface area contributed by atoms with Crippen LogP contribution < -0.4 is 0 Å². The Labute approximate surface area is 92.2 Å². The Morgan fingerprint density at radius 3 is 2.50 bits per heavy atom. The minimum Gasteiger partial charge on any atom is -0.396 e. The lowest BCUT2D eigenvalue weighted by Gasteiger charge is -2.08. The van der Waals surface area contributed by atoms with E-state index in [9.17, 15) is 13.2 Å². The second-order valence-corrected chi connectivity index (χ2v) is 3.54. The van der Waals surface area contributed by atoms with Gasteiger partial charge in [0.25, 0.3) is 0 Å². The van der Waals surface area contributed by atoms with Gasteiger partial charge in [-0.2, -0.15) is 13.2 Å². The van der Waals surface area contributed by atoms with E-state index in [0.29, 0.717) is 17.5 Å². The molecule has 0 fully saturated rings. The normalized spacial score (nSPS) is 12.3. The molecule has 0 atom stereocenters. The van der Waals surface area contributed by atoms with Crippen molar-refractivity contribution < 1.29 is 18.3 Å². The second-order valence-electron chi connectivity index (χ2n) is 3.54. The Hall–Kier alpha value is -1.29. The van der Waals surface area contributed by atoms with E-state index in [1.54, 1.807) is 25.1 Å². The summed E-state index contributed by atoms with van der Waals surface area (Å²) in [5.41, 5.74) is 0.426. The van der Waals surface area contributed by atoms with Gasteiger partial charge in [-0.25, -0.2) is 0 Å². The van der Waals surface area contributed by atoms with Crippen molar-refractivity contribution in [1.29, 1.82) is 0 Å². The Kier molecular flexibility index (Phi) is 4.12. The average molecular weight is 230 g/mol. The molecule has 0 unspecified atom stereocenters. The van der Waals surface area contributed by atoms with Crippen LogP contribution in [-0.4, -0.2) is 11.7 Å². The van der Waals surface area contributed by atoms with Crippen LogP contribution >= 0.6 is 0 Å². The van der Waals surface area contributed by atoms with E-state index in [1.807, 2.05) is 0 Å². The molecule has 16 heavy (non-hydrogen) atoms. The lowest BCUT2D eigenvalue weighted by Crippen LogP contribution is -2.05. The summed E-state index contributed by atoms with van der Waals surface area (Å²) in [5, 5.41) is 8.55. The Bertz CT molecular complexity index is 380. The van der Waals surface area contributed by atoms with Gasteiger partial charge in [0.2, 0.25) is 0 Å². The smallest absolute Gasteiger partial charge is 0.396 e. The molecule has 1 aromatic rings. The molecule has 0 radical (unpaired) electrons. The fourth-order valence-corrected chi connectivity index (χ4v) is 1.37. The highest BCUT2D eigenvalue weighted by molar-refractivity contribution is 5.52. The van der Waals surface area contributed by atoms with E-state index in [2.05, 4.69) is 0 Å². The summed E-state index contributed by atoms with van der Waals surface area (Å²) in [7, 11) is 0. The highest BCUT2D eigenvalue weighted by Crippen LogP contribution is 2.30. The van der Waals surface area contributed by atoms with Crippen molar-refractivity contribution in [3.63, 3.8) is 0 Å². The summed E-state index contributed by atoms with van der Waals surface area (Å²) in [4.78, 5) is 0. The van der Waals surface area contributed by atoms with E-state index in [-0.39, 0.29) is 6.61 Å². The predicted molar refractivity (Wildman–Crippen MR) is 56.9 cm³/mol. The summed E-state index contributed by atoms with van der Waals surface area (Å²) in [6, 6.07) is 3.88. The van der Waals surface area contributed by atoms with E-state index in [1.165, 1.54) is 0 Å². The molecule has 0 aromatic heterocycles. The molecule has 4 heteroatoms. The van der Waals surface area contributed by atoms with E-state index in [0.717, 1.165) is 12.1 Å². The molecule has 0 spiro atoms. The number of hydrogen-bond acceptors (Lipinski definition) is 1. The van der Waals surface area contributed by atoms with E-state index >= 15 is 0 Å². The van der Waals surface area contributed by atoms with Gasteiger partial charge in [-0.3, -0.25) is 0 Å². The fourth-order valence-electron chi connectivity index (χ4n) is 1.37. The lowest BCUT2D eigenvalue weighted by atomic mass is 10.1. The number of rotatable bonds is 3. The van der Waals surface area contributed by atoms with Gasteiger partial charge in [0.05, 0.1) is 5.56 Å². The standard InChI is InChI=1S/C12H13F3O/c1-9-6-10(4-2-3-5-16)8-11(7-9)12(13,14)15/h2,4,6-8,16H,3,5H2,1H3/b4-2-. The molecule has 1 rings (SSSR count). The third-order valence-corrected chi connectivity index (χ3v) is 2.03. The molecule has 0 aliphatic rings. The van der Waals surface area contributed by atoms with Crippen molar-refractivity contribution in [3.05, 3.63) is 41.0 Å². The van der Waals surface area contributed by atoms with Crippen LogP contribution in [0.25, 0.3) is 6.08 Å². The maximum atomic E-state index is 12.5. The fraction of sp³-hybridized carbons (Fsp3) is 0.333. The molecule has 1 nitrogen and oxygen atoms in total. The van der Waals surface area contributed by atoms with Crippen LogP contribution in [0, 0.1) is 6.92 Å². The number of halogens is 3. The van der Waals surface area contributed by atoms with E-state index < -0.39 is 11.7 Å². The molecule has 0 aliphatic carbocycles. The van der Waals surface area contributed by atoms with Gasteiger partial charge in [0.1, 0.15) is 0 Å². The largest absolute Gasteiger partial charge is 0.416 e. The number of aryl methyl sites for hydroxylation is 1. The maximum Gasteiger partial charge on any atom is 0.416 e. The summed E-state index contributed by atoms with van der Waals surface area (Å²) >= 11 is 0. The van der Waals surface area contributed by atoms with Crippen LogP contribution in [0.15, 0.2) is 24.3 Å². The summed E-state index contributed by atoms with van der Waals surface area (Å²) in [6.45, 7) is 1.62. The molecule has 0 saturated heterocycles. The molecule has 88 valence electrons. The molecular weight excluding hydrogens is 217 g/mol. The second kappa shape index (κ2) is 5.16. The maximum absolute atomic E-state index is 12.5. The van der Waals surface area contributed by atoms with Gasteiger partial charge >= 0.3 is 6.18 Å². The number of alkyl halides is 3. The van der Waals surface area contributed by atoms with Gasteiger partial charge in [-0.05, 0) is 36.6 Å². The van der Waals surface area contributed by atoms with Crippen LogP contribution in [0.2, 0.25) is 0 Å². The minimum atomic E-state index is -4.31. The highest BCUT2D eigenvalue weighted by atomic mass is 19.4. The summed E-state index contributed by atoms with van der Waals surface area (Å²) in [6.07, 6.45) is -0.645. The van der Waals surface area contributed by atoms with Gasteiger partial charge < -0.3 is 5.11 Å². The first kappa shape index (κ1) is 12.8.